The summed E-state index contributed by atoms with van der Waals surface area (Å²) in [6.07, 6.45) is 0.353. The van der Waals surface area contributed by atoms with Gasteiger partial charge in [-0.2, -0.15) is 0 Å². The van der Waals surface area contributed by atoms with Gasteiger partial charge >= 0.3 is 12.0 Å². The second-order valence-corrected chi connectivity index (χ2v) is 5.17. The minimum Gasteiger partial charge on any atom is -0.480 e. The zero-order valence-corrected chi connectivity index (χ0v) is 11.6. The van der Waals surface area contributed by atoms with Gasteiger partial charge in [0.1, 0.15) is 6.04 Å². The second kappa shape index (κ2) is 6.61. The number of aliphatic carboxylic acids is 1. The molecule has 0 aliphatic heterocycles. The van der Waals surface area contributed by atoms with Crippen molar-refractivity contribution in [3.05, 3.63) is 20.8 Å². The Morgan fingerprint density at radius 2 is 2.29 bits per heavy atom. The molecule has 1 aromatic rings. The molecular formula is C10H13BrN2O3S. The van der Waals surface area contributed by atoms with Gasteiger partial charge in [-0.05, 0) is 33.8 Å². The lowest BCUT2D eigenvalue weighted by molar-refractivity contribution is -0.139. The Balaban J connectivity index is 2.40. The second-order valence-electron chi connectivity index (χ2n) is 3.32. The molecule has 0 aliphatic carbocycles. The van der Waals surface area contributed by atoms with Crippen LogP contribution < -0.4 is 10.6 Å². The Morgan fingerprint density at radius 1 is 1.59 bits per heavy atom. The van der Waals surface area contributed by atoms with Gasteiger partial charge < -0.3 is 15.7 Å². The third-order valence-corrected chi connectivity index (χ3v) is 4.04. The Kier molecular flexibility index (Phi) is 5.43. The van der Waals surface area contributed by atoms with Crippen LogP contribution in [0.4, 0.5) is 4.79 Å². The predicted molar refractivity (Wildman–Crippen MR) is 69.1 cm³/mol. The van der Waals surface area contributed by atoms with Crippen molar-refractivity contribution in [1.29, 1.82) is 0 Å². The van der Waals surface area contributed by atoms with Crippen LogP contribution in [0.1, 0.15) is 18.2 Å². The molecule has 0 unspecified atom stereocenters. The fourth-order valence-electron chi connectivity index (χ4n) is 1.16. The molecule has 1 rings (SSSR count). The zero-order chi connectivity index (χ0) is 12.8. The fourth-order valence-corrected chi connectivity index (χ4v) is 2.59. The maximum atomic E-state index is 11.4. The van der Waals surface area contributed by atoms with E-state index in [1.807, 2.05) is 11.4 Å². The molecule has 0 saturated heterocycles. The molecule has 17 heavy (non-hydrogen) atoms. The van der Waals surface area contributed by atoms with Gasteiger partial charge in [-0.25, -0.2) is 9.59 Å². The van der Waals surface area contributed by atoms with Crippen LogP contribution in [0.25, 0.3) is 0 Å². The summed E-state index contributed by atoms with van der Waals surface area (Å²) in [4.78, 5) is 23.1. The molecule has 0 aliphatic rings. The summed E-state index contributed by atoms with van der Waals surface area (Å²) in [7, 11) is 0. The molecule has 0 radical (unpaired) electrons. The smallest absolute Gasteiger partial charge is 0.326 e. The molecule has 1 aromatic heterocycles. The SMILES string of the molecule is CC[C@@H](NC(=O)NCc1sccc1Br)C(=O)O. The first-order valence-corrected chi connectivity index (χ1v) is 6.71. The lowest BCUT2D eigenvalue weighted by atomic mass is 10.2. The fraction of sp³-hybridized carbons (Fsp3) is 0.400. The van der Waals surface area contributed by atoms with Crippen LogP contribution in [-0.2, 0) is 11.3 Å². The number of carboxylic acids is 1. The highest BCUT2D eigenvalue weighted by Crippen LogP contribution is 2.21. The number of urea groups is 1. The minimum absolute atomic E-state index is 0.353. The number of nitrogens with one attached hydrogen (secondary N) is 2. The molecule has 94 valence electrons. The van der Waals surface area contributed by atoms with Crippen molar-refractivity contribution in [3.8, 4) is 0 Å². The molecule has 0 bridgehead atoms. The number of hydrogen-bond donors (Lipinski definition) is 3. The van der Waals surface area contributed by atoms with Crippen LogP contribution in [-0.4, -0.2) is 23.1 Å². The summed E-state index contributed by atoms with van der Waals surface area (Å²) < 4.78 is 0.938. The molecule has 1 heterocycles. The van der Waals surface area contributed by atoms with E-state index < -0.39 is 18.0 Å². The van der Waals surface area contributed by atoms with Crippen LogP contribution in [0, 0.1) is 0 Å². The van der Waals surface area contributed by atoms with Crippen LogP contribution in [0.15, 0.2) is 15.9 Å². The quantitative estimate of drug-likeness (QED) is 0.778. The normalized spacial score (nSPS) is 11.9. The number of rotatable bonds is 5. The summed E-state index contributed by atoms with van der Waals surface area (Å²) in [5.74, 6) is -1.03. The molecule has 0 spiro atoms. The van der Waals surface area contributed by atoms with Crippen LogP contribution >= 0.6 is 27.3 Å². The molecule has 0 fully saturated rings. The maximum absolute atomic E-state index is 11.4. The van der Waals surface area contributed by atoms with Gasteiger partial charge in [-0.1, -0.05) is 6.92 Å². The Bertz CT molecular complexity index is 408. The van der Waals surface area contributed by atoms with Gasteiger partial charge in [0, 0.05) is 9.35 Å². The number of carboxylic acid groups (broad SMARTS) is 1. The van der Waals surface area contributed by atoms with E-state index in [1.165, 1.54) is 11.3 Å². The van der Waals surface area contributed by atoms with E-state index in [9.17, 15) is 9.59 Å². The Hall–Kier alpha value is -1.08. The van der Waals surface area contributed by atoms with Gasteiger partial charge in [0.2, 0.25) is 0 Å². The molecular weight excluding hydrogens is 308 g/mol. The van der Waals surface area contributed by atoms with E-state index in [0.717, 1.165) is 9.35 Å². The van der Waals surface area contributed by atoms with E-state index in [4.69, 9.17) is 5.11 Å². The zero-order valence-electron chi connectivity index (χ0n) is 9.20. The van der Waals surface area contributed by atoms with Crippen molar-refractivity contribution in [2.24, 2.45) is 0 Å². The van der Waals surface area contributed by atoms with Crippen molar-refractivity contribution < 1.29 is 14.7 Å². The first-order chi connectivity index (χ1) is 8.04. The highest BCUT2D eigenvalue weighted by molar-refractivity contribution is 9.10. The molecule has 2 amide bonds. The van der Waals surface area contributed by atoms with Crippen molar-refractivity contribution in [1.82, 2.24) is 10.6 Å². The summed E-state index contributed by atoms with van der Waals surface area (Å²) in [5.41, 5.74) is 0. The molecule has 5 nitrogen and oxygen atoms in total. The highest BCUT2D eigenvalue weighted by Gasteiger charge is 2.17. The van der Waals surface area contributed by atoms with Gasteiger partial charge in [-0.15, -0.1) is 11.3 Å². The minimum atomic E-state index is -1.03. The van der Waals surface area contributed by atoms with Gasteiger partial charge in [0.25, 0.3) is 0 Å². The van der Waals surface area contributed by atoms with Crippen LogP contribution in [0.3, 0.4) is 0 Å². The van der Waals surface area contributed by atoms with Gasteiger partial charge in [0.05, 0.1) is 6.54 Å². The van der Waals surface area contributed by atoms with Crippen molar-refractivity contribution in [2.45, 2.75) is 25.9 Å². The van der Waals surface area contributed by atoms with E-state index in [0.29, 0.717) is 13.0 Å². The lowest BCUT2D eigenvalue weighted by Crippen LogP contribution is -2.45. The number of halogens is 1. The van der Waals surface area contributed by atoms with Crippen LogP contribution in [0.2, 0.25) is 0 Å². The number of hydrogen-bond acceptors (Lipinski definition) is 3. The topological polar surface area (TPSA) is 78.4 Å². The van der Waals surface area contributed by atoms with E-state index in [-0.39, 0.29) is 0 Å². The molecule has 0 aromatic carbocycles. The number of amides is 2. The maximum Gasteiger partial charge on any atom is 0.326 e. The summed E-state index contributed by atoms with van der Waals surface area (Å²) >= 11 is 4.87. The highest BCUT2D eigenvalue weighted by atomic mass is 79.9. The first-order valence-electron chi connectivity index (χ1n) is 5.03. The average Bonchev–Trinajstić information content (AvgIpc) is 2.68. The first kappa shape index (κ1) is 14.0. The summed E-state index contributed by atoms with van der Waals surface area (Å²) in [6, 6.07) is 0.576. The predicted octanol–water partition coefficient (Wildman–Crippen LogP) is 2.17. The number of carbonyl (C=O) groups excluding carboxylic acids is 1. The molecule has 1 atom stereocenters. The van der Waals surface area contributed by atoms with E-state index in [1.54, 1.807) is 6.92 Å². The standard InChI is InChI=1S/C10H13BrN2O3S/c1-2-7(9(14)15)13-10(16)12-5-8-6(11)3-4-17-8/h3-4,7H,2,5H2,1H3,(H,14,15)(H2,12,13,16)/t7-/m1/s1. The van der Waals surface area contributed by atoms with Gasteiger partial charge in [0.15, 0.2) is 0 Å². The number of thiophene rings is 1. The monoisotopic (exact) mass is 320 g/mol. The third-order valence-electron chi connectivity index (χ3n) is 2.11. The lowest BCUT2D eigenvalue weighted by Gasteiger charge is -2.12. The third kappa shape index (κ3) is 4.35. The van der Waals surface area contributed by atoms with Gasteiger partial charge in [-0.3, -0.25) is 0 Å². The van der Waals surface area contributed by atoms with Crippen LogP contribution in [0.5, 0.6) is 0 Å². The number of carbonyl (C=O) groups is 2. The summed E-state index contributed by atoms with van der Waals surface area (Å²) in [6.45, 7) is 2.08. The Labute approximate surface area is 111 Å². The van der Waals surface area contributed by atoms with E-state index in [2.05, 4.69) is 26.6 Å². The van der Waals surface area contributed by atoms with Crippen molar-refractivity contribution in [3.63, 3.8) is 0 Å². The summed E-state index contributed by atoms with van der Waals surface area (Å²) in [5, 5.41) is 15.7. The van der Waals surface area contributed by atoms with E-state index >= 15 is 0 Å². The van der Waals surface area contributed by atoms with Crippen molar-refractivity contribution >= 4 is 39.3 Å². The van der Waals surface area contributed by atoms with Crippen molar-refractivity contribution in [2.75, 3.05) is 0 Å². The molecule has 3 N–H and O–H groups in total. The molecule has 7 heteroatoms. The average molecular weight is 321 g/mol. The molecule has 0 saturated carbocycles. The largest absolute Gasteiger partial charge is 0.480 e. The Morgan fingerprint density at radius 3 is 2.76 bits per heavy atom.